The quantitative estimate of drug-likeness (QED) is 0.812. The van der Waals surface area contributed by atoms with Crippen molar-refractivity contribution in [1.29, 1.82) is 0 Å². The Morgan fingerprint density at radius 1 is 1.31 bits per heavy atom. The van der Waals surface area contributed by atoms with Crippen LogP contribution in [0.2, 0.25) is 5.02 Å². The molecule has 0 bridgehead atoms. The van der Waals surface area contributed by atoms with E-state index in [0.717, 1.165) is 17.0 Å². The predicted octanol–water partition coefficient (Wildman–Crippen LogP) is 2.99. The van der Waals surface area contributed by atoms with Crippen LogP contribution in [0.1, 0.15) is 5.69 Å². The average Bonchev–Trinajstić information content (AvgIpc) is 2.26. The summed E-state index contributed by atoms with van der Waals surface area (Å²) in [7, 11) is 0. The molecule has 0 spiro atoms. The van der Waals surface area contributed by atoms with E-state index in [9.17, 15) is 4.79 Å². The summed E-state index contributed by atoms with van der Waals surface area (Å²) in [6, 6.07) is 8.97. The minimum absolute atomic E-state index is 0.609. The molecule has 0 amide bonds. The third kappa shape index (κ3) is 2.38. The Morgan fingerprint density at radius 3 is 2.88 bits per heavy atom. The zero-order valence-corrected chi connectivity index (χ0v) is 8.98. The van der Waals surface area contributed by atoms with Crippen LogP contribution in [-0.2, 0) is 4.79 Å². The molecule has 2 rings (SSSR count). The van der Waals surface area contributed by atoms with Gasteiger partial charge >= 0.3 is 5.97 Å². The highest BCUT2D eigenvalue weighted by Gasteiger charge is 1.97. The van der Waals surface area contributed by atoms with Crippen LogP contribution in [0, 0.1) is 0 Å². The summed E-state index contributed by atoms with van der Waals surface area (Å²) in [6.45, 7) is 0. The number of aromatic nitrogens is 1. The lowest BCUT2D eigenvalue weighted by Crippen LogP contribution is -1.87. The second-order valence-corrected chi connectivity index (χ2v) is 3.68. The number of halogens is 1. The molecular formula is C12H8ClNO2. The second kappa shape index (κ2) is 4.33. The molecule has 4 heteroatoms. The number of pyridine rings is 1. The van der Waals surface area contributed by atoms with E-state index in [2.05, 4.69) is 4.98 Å². The van der Waals surface area contributed by atoms with E-state index < -0.39 is 5.97 Å². The fourth-order valence-corrected chi connectivity index (χ4v) is 1.54. The van der Waals surface area contributed by atoms with Gasteiger partial charge in [0.15, 0.2) is 0 Å². The maximum atomic E-state index is 10.3. The Bertz CT molecular complexity index is 578. The predicted molar refractivity (Wildman–Crippen MR) is 63.4 cm³/mol. The third-order valence-electron chi connectivity index (χ3n) is 2.07. The zero-order chi connectivity index (χ0) is 11.5. The van der Waals surface area contributed by atoms with Gasteiger partial charge in [0.1, 0.15) is 0 Å². The van der Waals surface area contributed by atoms with Crippen molar-refractivity contribution in [3.63, 3.8) is 0 Å². The number of nitrogens with zero attached hydrogens (tertiary/aromatic N) is 1. The van der Waals surface area contributed by atoms with E-state index in [0.29, 0.717) is 10.7 Å². The summed E-state index contributed by atoms with van der Waals surface area (Å²) >= 11 is 5.84. The highest BCUT2D eigenvalue weighted by atomic mass is 35.5. The van der Waals surface area contributed by atoms with Crippen LogP contribution < -0.4 is 0 Å². The largest absolute Gasteiger partial charge is 0.478 e. The highest BCUT2D eigenvalue weighted by molar-refractivity contribution is 6.31. The summed E-state index contributed by atoms with van der Waals surface area (Å²) in [6.07, 6.45) is 2.51. The van der Waals surface area contributed by atoms with Gasteiger partial charge in [0.2, 0.25) is 0 Å². The first kappa shape index (κ1) is 10.6. The maximum Gasteiger partial charge on any atom is 0.328 e. The molecule has 16 heavy (non-hydrogen) atoms. The molecule has 2 aromatic rings. The lowest BCUT2D eigenvalue weighted by Gasteiger charge is -1.99. The molecule has 1 aromatic carbocycles. The van der Waals surface area contributed by atoms with Gasteiger partial charge < -0.3 is 5.11 Å². The van der Waals surface area contributed by atoms with Crippen molar-refractivity contribution in [2.24, 2.45) is 0 Å². The van der Waals surface area contributed by atoms with E-state index in [4.69, 9.17) is 16.7 Å². The van der Waals surface area contributed by atoms with Gasteiger partial charge in [-0.25, -0.2) is 9.78 Å². The first-order valence-electron chi connectivity index (χ1n) is 4.62. The number of benzene rings is 1. The van der Waals surface area contributed by atoms with Crippen LogP contribution in [0.25, 0.3) is 17.0 Å². The van der Waals surface area contributed by atoms with Crippen molar-refractivity contribution in [2.75, 3.05) is 0 Å². The average molecular weight is 234 g/mol. The summed E-state index contributed by atoms with van der Waals surface area (Å²) in [5.74, 6) is -0.988. The molecule has 0 unspecified atom stereocenters. The fourth-order valence-electron chi connectivity index (χ4n) is 1.36. The number of hydrogen-bond donors (Lipinski definition) is 1. The van der Waals surface area contributed by atoms with E-state index in [1.54, 1.807) is 18.2 Å². The third-order valence-corrected chi connectivity index (χ3v) is 2.30. The molecule has 0 saturated carbocycles. The monoisotopic (exact) mass is 233 g/mol. The Kier molecular flexibility index (Phi) is 2.88. The van der Waals surface area contributed by atoms with Crippen molar-refractivity contribution in [2.45, 2.75) is 0 Å². The van der Waals surface area contributed by atoms with Gasteiger partial charge in [-0.2, -0.15) is 0 Å². The molecule has 0 aliphatic heterocycles. The number of hydrogen-bond acceptors (Lipinski definition) is 2. The van der Waals surface area contributed by atoms with Gasteiger partial charge in [-0.1, -0.05) is 17.7 Å². The molecule has 0 radical (unpaired) electrons. The molecule has 80 valence electrons. The van der Waals surface area contributed by atoms with Gasteiger partial charge in [0.05, 0.1) is 11.2 Å². The summed E-state index contributed by atoms with van der Waals surface area (Å²) < 4.78 is 0. The van der Waals surface area contributed by atoms with Gasteiger partial charge in [-0.15, -0.1) is 0 Å². The molecule has 0 aliphatic carbocycles. The molecule has 3 nitrogen and oxygen atoms in total. The number of carbonyl (C=O) groups is 1. The van der Waals surface area contributed by atoms with Crippen molar-refractivity contribution in [3.8, 4) is 0 Å². The van der Waals surface area contributed by atoms with Crippen LogP contribution in [-0.4, -0.2) is 16.1 Å². The Hall–Kier alpha value is -1.87. The van der Waals surface area contributed by atoms with E-state index in [1.165, 1.54) is 6.08 Å². The van der Waals surface area contributed by atoms with Crippen LogP contribution in [0.5, 0.6) is 0 Å². The molecule has 0 fully saturated rings. The molecule has 0 saturated heterocycles. The second-order valence-electron chi connectivity index (χ2n) is 3.24. The Balaban J connectivity index is 2.44. The maximum absolute atomic E-state index is 10.3. The summed E-state index contributed by atoms with van der Waals surface area (Å²) in [4.78, 5) is 14.6. The molecule has 1 heterocycles. The minimum atomic E-state index is -0.988. The smallest absolute Gasteiger partial charge is 0.328 e. The normalized spacial score (nSPS) is 11.1. The van der Waals surface area contributed by atoms with E-state index >= 15 is 0 Å². The van der Waals surface area contributed by atoms with Gasteiger partial charge in [-0.3, -0.25) is 0 Å². The molecule has 1 aromatic heterocycles. The first-order chi connectivity index (χ1) is 7.65. The molecular weight excluding hydrogens is 226 g/mol. The van der Waals surface area contributed by atoms with Gasteiger partial charge in [-0.05, 0) is 30.3 Å². The highest BCUT2D eigenvalue weighted by Crippen LogP contribution is 2.18. The number of fused-ring (bicyclic) bond motifs is 1. The summed E-state index contributed by atoms with van der Waals surface area (Å²) in [5, 5.41) is 10.1. The number of carboxylic acids is 1. The molecule has 1 N–H and O–H groups in total. The van der Waals surface area contributed by atoms with Crippen LogP contribution in [0.15, 0.2) is 36.4 Å². The number of aliphatic carboxylic acids is 1. The molecule has 0 atom stereocenters. The summed E-state index contributed by atoms with van der Waals surface area (Å²) in [5.41, 5.74) is 1.40. The van der Waals surface area contributed by atoms with E-state index in [1.807, 2.05) is 12.1 Å². The zero-order valence-electron chi connectivity index (χ0n) is 8.22. The van der Waals surface area contributed by atoms with Crippen molar-refractivity contribution in [3.05, 3.63) is 47.1 Å². The lowest BCUT2D eigenvalue weighted by molar-refractivity contribution is -0.131. The minimum Gasteiger partial charge on any atom is -0.478 e. The van der Waals surface area contributed by atoms with Crippen LogP contribution in [0.3, 0.4) is 0 Å². The van der Waals surface area contributed by atoms with Crippen molar-refractivity contribution in [1.82, 2.24) is 4.98 Å². The van der Waals surface area contributed by atoms with E-state index in [-0.39, 0.29) is 0 Å². The SMILES string of the molecule is O=C(O)/C=C/c1ccc2cc(Cl)ccc2n1. The Labute approximate surface area is 97.0 Å². The Morgan fingerprint density at radius 2 is 2.12 bits per heavy atom. The molecule has 0 aliphatic rings. The van der Waals surface area contributed by atoms with Gasteiger partial charge in [0, 0.05) is 16.5 Å². The van der Waals surface area contributed by atoms with Crippen molar-refractivity contribution < 1.29 is 9.90 Å². The fraction of sp³-hybridized carbons (Fsp3) is 0. The number of carboxylic acid groups (broad SMARTS) is 1. The lowest BCUT2D eigenvalue weighted by atomic mass is 10.2. The van der Waals surface area contributed by atoms with Crippen LogP contribution in [0.4, 0.5) is 0 Å². The first-order valence-corrected chi connectivity index (χ1v) is 5.00. The standard InChI is InChI=1S/C12H8ClNO2/c13-9-2-5-11-8(7-9)1-3-10(14-11)4-6-12(15)16/h1-7H,(H,15,16)/b6-4+. The van der Waals surface area contributed by atoms with Gasteiger partial charge in [0.25, 0.3) is 0 Å². The van der Waals surface area contributed by atoms with Crippen molar-refractivity contribution >= 4 is 34.5 Å². The van der Waals surface area contributed by atoms with Crippen LogP contribution >= 0.6 is 11.6 Å². The number of rotatable bonds is 2. The topological polar surface area (TPSA) is 50.2 Å².